The summed E-state index contributed by atoms with van der Waals surface area (Å²) in [5.41, 5.74) is 11.8. The van der Waals surface area contributed by atoms with E-state index in [-0.39, 0.29) is 5.97 Å². The molecule has 0 aliphatic rings. The second-order valence-electron chi connectivity index (χ2n) is 5.74. The van der Waals surface area contributed by atoms with Crippen molar-refractivity contribution >= 4 is 22.6 Å². The number of esters is 1. The zero-order chi connectivity index (χ0) is 16.6. The highest BCUT2D eigenvalue weighted by Crippen LogP contribution is 2.31. The van der Waals surface area contributed by atoms with Gasteiger partial charge in [0.05, 0.1) is 23.9 Å². The van der Waals surface area contributed by atoms with Crippen LogP contribution in [0.4, 0.5) is 5.69 Å². The number of anilines is 1. The number of aromatic nitrogens is 1. The molecule has 0 fully saturated rings. The molecule has 0 saturated heterocycles. The van der Waals surface area contributed by atoms with E-state index in [1.165, 1.54) is 12.7 Å². The maximum atomic E-state index is 11.8. The van der Waals surface area contributed by atoms with Crippen molar-refractivity contribution in [2.24, 2.45) is 0 Å². The fourth-order valence-corrected chi connectivity index (χ4v) is 3.01. The Morgan fingerprint density at radius 3 is 2.52 bits per heavy atom. The Morgan fingerprint density at radius 1 is 1.17 bits per heavy atom. The van der Waals surface area contributed by atoms with Gasteiger partial charge in [0.2, 0.25) is 0 Å². The van der Waals surface area contributed by atoms with Crippen LogP contribution in [-0.4, -0.2) is 17.6 Å². The zero-order valence-corrected chi connectivity index (χ0v) is 13.6. The first kappa shape index (κ1) is 15.2. The Labute approximate surface area is 135 Å². The Kier molecular flexibility index (Phi) is 3.82. The van der Waals surface area contributed by atoms with Crippen LogP contribution in [0.15, 0.2) is 42.5 Å². The van der Waals surface area contributed by atoms with Gasteiger partial charge in [0, 0.05) is 17.6 Å². The van der Waals surface area contributed by atoms with Gasteiger partial charge < -0.3 is 15.0 Å². The van der Waals surface area contributed by atoms with Gasteiger partial charge >= 0.3 is 5.97 Å². The molecule has 0 aliphatic heterocycles. The number of nitrogens with two attached hydrogens (primary N) is 1. The second kappa shape index (κ2) is 5.80. The lowest BCUT2D eigenvalue weighted by Gasteiger charge is -2.11. The number of carbonyl (C=O) groups excluding carboxylic acids is 1. The summed E-state index contributed by atoms with van der Waals surface area (Å²) in [6, 6.07) is 13.8. The van der Waals surface area contributed by atoms with Crippen LogP contribution in [0.25, 0.3) is 10.9 Å². The highest BCUT2D eigenvalue weighted by Gasteiger charge is 2.17. The molecule has 3 aromatic rings. The van der Waals surface area contributed by atoms with Crippen molar-refractivity contribution in [1.82, 2.24) is 4.57 Å². The molecule has 118 valence electrons. The van der Waals surface area contributed by atoms with E-state index in [4.69, 9.17) is 10.5 Å². The Bertz CT molecular complexity index is 880. The number of nitrogens with zero attached hydrogens (tertiary/aromatic N) is 1. The quantitative estimate of drug-likeness (QED) is 0.593. The number of hydrogen-bond donors (Lipinski definition) is 1. The normalized spacial score (nSPS) is 10.9. The first-order valence-corrected chi connectivity index (χ1v) is 7.54. The van der Waals surface area contributed by atoms with Gasteiger partial charge in [-0.25, -0.2) is 4.79 Å². The average molecular weight is 308 g/mol. The van der Waals surface area contributed by atoms with E-state index >= 15 is 0 Å². The minimum atomic E-state index is -0.369. The van der Waals surface area contributed by atoms with Crippen molar-refractivity contribution in [3.63, 3.8) is 0 Å². The lowest BCUT2D eigenvalue weighted by Crippen LogP contribution is -2.05. The third kappa shape index (κ3) is 2.57. The summed E-state index contributed by atoms with van der Waals surface area (Å²) in [5, 5.41) is 0.999. The van der Waals surface area contributed by atoms with E-state index in [0.29, 0.717) is 11.3 Å². The molecule has 23 heavy (non-hydrogen) atoms. The van der Waals surface area contributed by atoms with Gasteiger partial charge in [0.15, 0.2) is 0 Å². The third-order valence-electron chi connectivity index (χ3n) is 4.37. The number of methoxy groups -OCH3 is 1. The predicted octanol–water partition coefficient (Wildman–Crippen LogP) is 3.68. The predicted molar refractivity (Wildman–Crippen MR) is 92.7 cm³/mol. The number of aryl methyl sites for hydroxylation is 1. The van der Waals surface area contributed by atoms with Crippen molar-refractivity contribution in [2.75, 3.05) is 12.8 Å². The van der Waals surface area contributed by atoms with E-state index in [1.807, 2.05) is 24.3 Å². The molecular weight excluding hydrogens is 288 g/mol. The molecule has 0 spiro atoms. The molecule has 4 heteroatoms. The first-order chi connectivity index (χ1) is 11.0. The van der Waals surface area contributed by atoms with E-state index < -0.39 is 0 Å². The van der Waals surface area contributed by atoms with Gasteiger partial charge in [-0.05, 0) is 37.1 Å². The summed E-state index contributed by atoms with van der Waals surface area (Å²) < 4.78 is 7.02. The molecule has 0 amide bonds. The summed E-state index contributed by atoms with van der Waals surface area (Å²) >= 11 is 0. The molecule has 0 saturated carbocycles. The highest BCUT2D eigenvalue weighted by atomic mass is 16.5. The highest BCUT2D eigenvalue weighted by molar-refractivity contribution is 6.01. The molecule has 0 bridgehead atoms. The van der Waals surface area contributed by atoms with Crippen LogP contribution < -0.4 is 5.73 Å². The van der Waals surface area contributed by atoms with Crippen LogP contribution in [0.2, 0.25) is 0 Å². The Hall–Kier alpha value is -2.75. The molecule has 0 aliphatic carbocycles. The van der Waals surface area contributed by atoms with E-state index in [0.717, 1.165) is 28.7 Å². The van der Waals surface area contributed by atoms with Gasteiger partial charge in [-0.1, -0.05) is 30.3 Å². The number of fused-ring (bicyclic) bond motifs is 1. The van der Waals surface area contributed by atoms with E-state index in [2.05, 4.69) is 30.5 Å². The van der Waals surface area contributed by atoms with Crippen molar-refractivity contribution in [1.29, 1.82) is 0 Å². The summed E-state index contributed by atoms with van der Waals surface area (Å²) in [5.74, 6) is -0.369. The topological polar surface area (TPSA) is 57.2 Å². The summed E-state index contributed by atoms with van der Waals surface area (Å²) in [6.07, 6.45) is 0. The smallest absolute Gasteiger partial charge is 0.337 e. The molecule has 0 atom stereocenters. The summed E-state index contributed by atoms with van der Waals surface area (Å²) in [7, 11) is 1.38. The van der Waals surface area contributed by atoms with Gasteiger partial charge in [0.1, 0.15) is 0 Å². The van der Waals surface area contributed by atoms with Crippen molar-refractivity contribution in [2.45, 2.75) is 20.4 Å². The Morgan fingerprint density at radius 2 is 1.87 bits per heavy atom. The van der Waals surface area contributed by atoms with Gasteiger partial charge in [0.25, 0.3) is 0 Å². The average Bonchev–Trinajstić information content (AvgIpc) is 2.80. The number of rotatable bonds is 3. The van der Waals surface area contributed by atoms with Crippen LogP contribution in [0, 0.1) is 13.8 Å². The maximum Gasteiger partial charge on any atom is 0.337 e. The molecule has 1 aromatic heterocycles. The minimum absolute atomic E-state index is 0.369. The molecule has 0 unspecified atom stereocenters. The van der Waals surface area contributed by atoms with Crippen LogP contribution in [0.3, 0.4) is 0 Å². The monoisotopic (exact) mass is 308 g/mol. The second-order valence-corrected chi connectivity index (χ2v) is 5.74. The zero-order valence-electron chi connectivity index (χ0n) is 13.6. The SMILES string of the molecule is COC(=O)c1cc(N)c2c(c1)c(C)c(C)n2Cc1ccccc1. The molecule has 2 aromatic carbocycles. The van der Waals surface area contributed by atoms with E-state index in [1.54, 1.807) is 6.07 Å². The number of carbonyl (C=O) groups is 1. The largest absolute Gasteiger partial charge is 0.465 e. The van der Waals surface area contributed by atoms with E-state index in [9.17, 15) is 4.79 Å². The number of nitrogen functional groups attached to an aromatic ring is 1. The third-order valence-corrected chi connectivity index (χ3v) is 4.37. The van der Waals surface area contributed by atoms with Gasteiger partial charge in [-0.3, -0.25) is 0 Å². The first-order valence-electron chi connectivity index (χ1n) is 7.54. The lowest BCUT2D eigenvalue weighted by molar-refractivity contribution is 0.0601. The standard InChI is InChI=1S/C19H20N2O2/c1-12-13(2)21(11-14-7-5-4-6-8-14)18-16(12)9-15(10-17(18)20)19(22)23-3/h4-10H,11,20H2,1-3H3. The molecule has 1 heterocycles. The van der Waals surface area contributed by atoms with Crippen molar-refractivity contribution in [3.05, 3.63) is 64.8 Å². The molecule has 4 nitrogen and oxygen atoms in total. The van der Waals surface area contributed by atoms with Crippen LogP contribution in [0.1, 0.15) is 27.2 Å². The van der Waals surface area contributed by atoms with Crippen molar-refractivity contribution in [3.8, 4) is 0 Å². The van der Waals surface area contributed by atoms with Gasteiger partial charge in [-0.15, -0.1) is 0 Å². The molecule has 3 rings (SSSR count). The molecule has 0 radical (unpaired) electrons. The van der Waals surface area contributed by atoms with Gasteiger partial charge in [-0.2, -0.15) is 0 Å². The summed E-state index contributed by atoms with van der Waals surface area (Å²) in [4.78, 5) is 11.8. The molecular formula is C19H20N2O2. The number of ether oxygens (including phenoxy) is 1. The lowest BCUT2D eigenvalue weighted by atomic mass is 10.1. The molecule has 2 N–H and O–H groups in total. The van der Waals surface area contributed by atoms with Crippen molar-refractivity contribution < 1.29 is 9.53 Å². The maximum absolute atomic E-state index is 11.8. The van der Waals surface area contributed by atoms with Crippen LogP contribution in [0.5, 0.6) is 0 Å². The minimum Gasteiger partial charge on any atom is -0.465 e. The number of hydrogen-bond acceptors (Lipinski definition) is 3. The fraction of sp³-hybridized carbons (Fsp3) is 0.211. The van der Waals surface area contributed by atoms with Crippen LogP contribution in [-0.2, 0) is 11.3 Å². The number of benzene rings is 2. The summed E-state index contributed by atoms with van der Waals surface area (Å²) in [6.45, 7) is 4.88. The fourth-order valence-electron chi connectivity index (χ4n) is 3.01. The Balaban J connectivity index is 2.20. The van der Waals surface area contributed by atoms with Crippen LogP contribution >= 0.6 is 0 Å².